The van der Waals surface area contributed by atoms with Gasteiger partial charge in [-0.3, -0.25) is 0 Å². The first-order chi connectivity index (χ1) is 13.3. The smallest absolute Gasteiger partial charge is 0.0162 e. The van der Waals surface area contributed by atoms with Gasteiger partial charge in [0.1, 0.15) is 0 Å². The first-order valence-electron chi connectivity index (χ1n) is 11.4. The lowest BCUT2D eigenvalue weighted by Gasteiger charge is -2.29. The Labute approximate surface area is 167 Å². The van der Waals surface area contributed by atoms with Crippen LogP contribution >= 0.6 is 0 Å². The van der Waals surface area contributed by atoms with E-state index in [0.29, 0.717) is 0 Å². The summed E-state index contributed by atoms with van der Waals surface area (Å²) in [7, 11) is 0. The third-order valence-electron chi connectivity index (χ3n) is 6.65. The minimum atomic E-state index is 0.808. The second-order valence-electron chi connectivity index (χ2n) is 8.63. The van der Waals surface area contributed by atoms with Gasteiger partial charge in [-0.25, -0.2) is 0 Å². The maximum absolute atomic E-state index is 2.41. The third-order valence-corrected chi connectivity index (χ3v) is 6.65. The van der Waals surface area contributed by atoms with E-state index >= 15 is 0 Å². The standard InChI is InChI=1S/C27H38/c1-3-5-6-7-23-14-18-26(19-15-23)27-20-16-25(17-21-27)13-12-24-10-8-22(4-2)9-11-24/h8-11,16-17,20-21,23,26H,3-7,12-15,18-19H2,1-2H3. The van der Waals surface area contributed by atoms with Gasteiger partial charge < -0.3 is 0 Å². The molecule has 1 fully saturated rings. The molecule has 27 heavy (non-hydrogen) atoms. The highest BCUT2D eigenvalue weighted by Gasteiger charge is 2.21. The zero-order chi connectivity index (χ0) is 18.9. The Bertz CT molecular complexity index is 641. The second-order valence-corrected chi connectivity index (χ2v) is 8.63. The van der Waals surface area contributed by atoms with E-state index in [0.717, 1.165) is 31.1 Å². The van der Waals surface area contributed by atoms with Gasteiger partial charge in [-0.2, -0.15) is 0 Å². The molecular formula is C27H38. The Morgan fingerprint density at radius 2 is 1.22 bits per heavy atom. The molecule has 0 heterocycles. The Balaban J connectivity index is 1.44. The van der Waals surface area contributed by atoms with Crippen molar-refractivity contribution in [2.75, 3.05) is 0 Å². The molecular weight excluding hydrogens is 324 g/mol. The van der Waals surface area contributed by atoms with Crippen LogP contribution in [0.1, 0.15) is 93.4 Å². The first kappa shape index (κ1) is 20.2. The number of rotatable bonds is 9. The summed E-state index contributed by atoms with van der Waals surface area (Å²) in [6.07, 6.45) is 14.8. The van der Waals surface area contributed by atoms with Crippen LogP contribution in [0.5, 0.6) is 0 Å². The molecule has 0 saturated heterocycles. The van der Waals surface area contributed by atoms with Crippen molar-refractivity contribution in [2.45, 2.75) is 90.4 Å². The van der Waals surface area contributed by atoms with Crippen LogP contribution in [-0.4, -0.2) is 0 Å². The quantitative estimate of drug-likeness (QED) is 0.398. The summed E-state index contributed by atoms with van der Waals surface area (Å²) in [6, 6.07) is 18.7. The fourth-order valence-corrected chi connectivity index (χ4v) is 4.65. The zero-order valence-electron chi connectivity index (χ0n) is 17.6. The molecule has 2 aromatic carbocycles. The number of aryl methyl sites for hydroxylation is 3. The average molecular weight is 363 g/mol. The van der Waals surface area contributed by atoms with E-state index in [4.69, 9.17) is 0 Å². The Morgan fingerprint density at radius 1 is 0.667 bits per heavy atom. The topological polar surface area (TPSA) is 0 Å². The summed E-state index contributed by atoms with van der Waals surface area (Å²) in [5.74, 6) is 1.81. The molecule has 3 rings (SSSR count). The van der Waals surface area contributed by atoms with Crippen molar-refractivity contribution in [3.05, 3.63) is 70.8 Å². The predicted molar refractivity (Wildman–Crippen MR) is 119 cm³/mol. The maximum atomic E-state index is 2.41. The van der Waals surface area contributed by atoms with Crippen LogP contribution < -0.4 is 0 Å². The van der Waals surface area contributed by atoms with Crippen molar-refractivity contribution >= 4 is 0 Å². The molecule has 0 radical (unpaired) electrons. The lowest BCUT2D eigenvalue weighted by Crippen LogP contribution is -2.13. The molecule has 0 heteroatoms. The van der Waals surface area contributed by atoms with E-state index in [1.807, 2.05) is 0 Å². The van der Waals surface area contributed by atoms with Crippen LogP contribution in [0.3, 0.4) is 0 Å². The highest BCUT2D eigenvalue weighted by atomic mass is 14.3. The second kappa shape index (κ2) is 10.7. The Hall–Kier alpha value is -1.56. The fourth-order valence-electron chi connectivity index (χ4n) is 4.65. The SMILES string of the molecule is CCCCCC1CCC(c2ccc(CCc3ccc(CC)cc3)cc2)CC1. The van der Waals surface area contributed by atoms with Crippen molar-refractivity contribution in [2.24, 2.45) is 5.92 Å². The monoisotopic (exact) mass is 362 g/mol. The largest absolute Gasteiger partial charge is 0.0654 e. The molecule has 0 unspecified atom stereocenters. The summed E-state index contributed by atoms with van der Waals surface area (Å²) in [5.41, 5.74) is 5.95. The van der Waals surface area contributed by atoms with Crippen molar-refractivity contribution in [3.8, 4) is 0 Å². The van der Waals surface area contributed by atoms with Crippen molar-refractivity contribution in [1.82, 2.24) is 0 Å². The molecule has 1 saturated carbocycles. The normalized spacial score (nSPS) is 19.9. The van der Waals surface area contributed by atoms with Crippen LogP contribution in [0, 0.1) is 5.92 Å². The average Bonchev–Trinajstić information content (AvgIpc) is 2.74. The number of hydrogen-bond donors (Lipinski definition) is 0. The summed E-state index contributed by atoms with van der Waals surface area (Å²) in [4.78, 5) is 0. The fraction of sp³-hybridized carbons (Fsp3) is 0.556. The lowest BCUT2D eigenvalue weighted by molar-refractivity contribution is 0.303. The van der Waals surface area contributed by atoms with Gasteiger partial charge in [-0.05, 0) is 79.0 Å². The molecule has 1 aliphatic rings. The Morgan fingerprint density at radius 3 is 1.78 bits per heavy atom. The molecule has 0 aliphatic heterocycles. The molecule has 0 aromatic heterocycles. The van der Waals surface area contributed by atoms with Gasteiger partial charge in [0.15, 0.2) is 0 Å². The number of unbranched alkanes of at least 4 members (excludes halogenated alkanes) is 2. The van der Waals surface area contributed by atoms with E-state index < -0.39 is 0 Å². The van der Waals surface area contributed by atoms with Gasteiger partial charge in [0.2, 0.25) is 0 Å². The van der Waals surface area contributed by atoms with Crippen LogP contribution in [0.2, 0.25) is 0 Å². The van der Waals surface area contributed by atoms with Crippen molar-refractivity contribution in [1.29, 1.82) is 0 Å². The molecule has 0 bridgehead atoms. The van der Waals surface area contributed by atoms with Gasteiger partial charge in [-0.15, -0.1) is 0 Å². The zero-order valence-corrected chi connectivity index (χ0v) is 17.6. The first-order valence-corrected chi connectivity index (χ1v) is 11.4. The van der Waals surface area contributed by atoms with E-state index in [2.05, 4.69) is 62.4 Å². The molecule has 0 spiro atoms. The van der Waals surface area contributed by atoms with Gasteiger partial charge in [-0.1, -0.05) is 88.1 Å². The van der Waals surface area contributed by atoms with Crippen molar-refractivity contribution < 1.29 is 0 Å². The molecule has 146 valence electrons. The highest BCUT2D eigenvalue weighted by molar-refractivity contribution is 5.28. The van der Waals surface area contributed by atoms with Gasteiger partial charge >= 0.3 is 0 Å². The predicted octanol–water partition coefficient (Wildman–Crippen LogP) is 7.89. The lowest BCUT2D eigenvalue weighted by atomic mass is 9.77. The summed E-state index contributed by atoms with van der Waals surface area (Å²) in [6.45, 7) is 4.53. The van der Waals surface area contributed by atoms with E-state index in [9.17, 15) is 0 Å². The summed E-state index contributed by atoms with van der Waals surface area (Å²) >= 11 is 0. The van der Waals surface area contributed by atoms with Crippen LogP contribution in [0.4, 0.5) is 0 Å². The highest BCUT2D eigenvalue weighted by Crippen LogP contribution is 2.37. The maximum Gasteiger partial charge on any atom is -0.0162 e. The van der Waals surface area contributed by atoms with Gasteiger partial charge in [0.25, 0.3) is 0 Å². The third kappa shape index (κ3) is 6.23. The van der Waals surface area contributed by atoms with Gasteiger partial charge in [0, 0.05) is 0 Å². The molecule has 0 amide bonds. The minimum absolute atomic E-state index is 0.808. The minimum Gasteiger partial charge on any atom is -0.0654 e. The molecule has 0 atom stereocenters. The molecule has 0 nitrogen and oxygen atoms in total. The Kier molecular flexibility index (Phi) is 7.99. The van der Waals surface area contributed by atoms with E-state index in [1.54, 1.807) is 5.56 Å². The number of benzene rings is 2. The van der Waals surface area contributed by atoms with Gasteiger partial charge in [0.05, 0.1) is 0 Å². The van der Waals surface area contributed by atoms with Crippen LogP contribution in [0.25, 0.3) is 0 Å². The van der Waals surface area contributed by atoms with Crippen molar-refractivity contribution in [3.63, 3.8) is 0 Å². The molecule has 1 aliphatic carbocycles. The van der Waals surface area contributed by atoms with Crippen LogP contribution in [-0.2, 0) is 19.3 Å². The van der Waals surface area contributed by atoms with Crippen LogP contribution in [0.15, 0.2) is 48.5 Å². The van der Waals surface area contributed by atoms with E-state index in [-0.39, 0.29) is 0 Å². The number of hydrogen-bond acceptors (Lipinski definition) is 0. The molecule has 2 aromatic rings. The molecule has 0 N–H and O–H groups in total. The van der Waals surface area contributed by atoms with E-state index in [1.165, 1.54) is 68.1 Å². The summed E-state index contributed by atoms with van der Waals surface area (Å²) in [5, 5.41) is 0. The summed E-state index contributed by atoms with van der Waals surface area (Å²) < 4.78 is 0.